The molecule has 1 heterocycles. The van der Waals surface area contributed by atoms with E-state index in [1.807, 2.05) is 26.4 Å². The van der Waals surface area contributed by atoms with Gasteiger partial charge >= 0.3 is 7.82 Å². The highest BCUT2D eigenvalue weighted by molar-refractivity contribution is 7.47. The zero-order valence-electron chi connectivity index (χ0n) is 17.3. The zero-order valence-corrected chi connectivity index (χ0v) is 18.2. The number of rotatable bonds is 8. The molecule has 0 saturated carbocycles. The summed E-state index contributed by atoms with van der Waals surface area (Å²) >= 11 is 0. The quantitative estimate of drug-likeness (QED) is 0.523. The van der Waals surface area contributed by atoms with Crippen molar-refractivity contribution in [3.05, 3.63) is 30.0 Å². The number of benzene rings is 1. The van der Waals surface area contributed by atoms with Gasteiger partial charge in [-0.3, -0.25) is 13.9 Å². The molecule has 0 aliphatic carbocycles. The molecule has 0 fully saturated rings. The molecule has 0 aliphatic heterocycles. The number of carbonyl (C=O) groups is 1. The molecule has 1 atom stereocenters. The molecular formula is C19H29N2O6P. The molecular weight excluding hydrogens is 383 g/mol. The molecule has 0 radical (unpaired) electrons. The molecule has 1 aromatic carbocycles. The largest absolute Gasteiger partial charge is 0.475 e. The van der Waals surface area contributed by atoms with Crippen molar-refractivity contribution < 1.29 is 28.0 Å². The Balaban J connectivity index is 2.26. The van der Waals surface area contributed by atoms with Gasteiger partial charge in [-0.2, -0.15) is 0 Å². The van der Waals surface area contributed by atoms with Crippen LogP contribution in [0.4, 0.5) is 0 Å². The van der Waals surface area contributed by atoms with E-state index in [1.54, 1.807) is 37.5 Å². The van der Waals surface area contributed by atoms with E-state index in [9.17, 15) is 14.3 Å². The van der Waals surface area contributed by atoms with Crippen LogP contribution in [0.5, 0.6) is 5.75 Å². The van der Waals surface area contributed by atoms with Crippen molar-refractivity contribution in [1.29, 1.82) is 0 Å². The number of phosphoric ester groups is 1. The van der Waals surface area contributed by atoms with Gasteiger partial charge in [0.25, 0.3) is 0 Å². The molecule has 8 nitrogen and oxygen atoms in total. The third-order valence-electron chi connectivity index (χ3n) is 3.86. The third-order valence-corrected chi connectivity index (χ3v) is 5.07. The fourth-order valence-corrected chi connectivity index (χ4v) is 3.71. The standard InChI is InChI=1S/C19H29N2O6P/c1-14(22)21-12-15(10-11-20(5)6)18-16(21)8-7-9-17(18)25-13-26-28(23,24)27-19(2,3)4/h7-9,12H,10-11,13H2,1-6H3,(H,23,24). The molecule has 2 rings (SSSR count). The van der Waals surface area contributed by atoms with E-state index >= 15 is 0 Å². The number of ether oxygens (including phenoxy) is 1. The average molecular weight is 412 g/mol. The minimum Gasteiger partial charge on any atom is -0.466 e. The van der Waals surface area contributed by atoms with Gasteiger partial charge in [-0.25, -0.2) is 9.09 Å². The molecule has 0 amide bonds. The molecule has 1 unspecified atom stereocenters. The minimum atomic E-state index is -4.25. The molecule has 0 spiro atoms. The van der Waals surface area contributed by atoms with Crippen LogP contribution in [0.1, 0.15) is 38.1 Å². The highest BCUT2D eigenvalue weighted by atomic mass is 31.2. The number of hydrogen-bond acceptors (Lipinski definition) is 6. The summed E-state index contributed by atoms with van der Waals surface area (Å²) in [6.45, 7) is 6.80. The number of carbonyl (C=O) groups excluding carboxylic acids is 1. The van der Waals surface area contributed by atoms with Crippen molar-refractivity contribution in [3.63, 3.8) is 0 Å². The molecule has 156 valence electrons. The summed E-state index contributed by atoms with van der Waals surface area (Å²) in [6, 6.07) is 5.34. The molecule has 0 aliphatic rings. The predicted octanol–water partition coefficient (Wildman–Crippen LogP) is 3.67. The Labute approximate surface area is 165 Å². The topological polar surface area (TPSA) is 90.2 Å². The minimum absolute atomic E-state index is 0.104. The summed E-state index contributed by atoms with van der Waals surface area (Å²) in [5.41, 5.74) is 0.840. The van der Waals surface area contributed by atoms with Crippen molar-refractivity contribution in [3.8, 4) is 5.75 Å². The van der Waals surface area contributed by atoms with Crippen LogP contribution in [-0.4, -0.2) is 53.3 Å². The Morgan fingerprint density at radius 2 is 1.96 bits per heavy atom. The van der Waals surface area contributed by atoms with E-state index in [2.05, 4.69) is 4.90 Å². The maximum absolute atomic E-state index is 12.0. The first-order valence-corrected chi connectivity index (χ1v) is 10.5. The number of hydrogen-bond donors (Lipinski definition) is 1. The van der Waals surface area contributed by atoms with Crippen LogP contribution in [0.25, 0.3) is 10.9 Å². The van der Waals surface area contributed by atoms with Gasteiger partial charge in [-0.15, -0.1) is 0 Å². The predicted molar refractivity (Wildman–Crippen MR) is 108 cm³/mol. The first kappa shape index (κ1) is 22.6. The van der Waals surface area contributed by atoms with Crippen molar-refractivity contribution in [1.82, 2.24) is 9.47 Å². The fraction of sp³-hybridized carbons (Fsp3) is 0.526. The number of nitrogens with zero attached hydrogens (tertiary/aromatic N) is 2. The highest BCUT2D eigenvalue weighted by Gasteiger charge is 2.29. The van der Waals surface area contributed by atoms with Crippen molar-refractivity contribution in [2.24, 2.45) is 0 Å². The monoisotopic (exact) mass is 412 g/mol. The highest BCUT2D eigenvalue weighted by Crippen LogP contribution is 2.47. The lowest BCUT2D eigenvalue weighted by atomic mass is 10.1. The number of likely N-dealkylation sites (N-methyl/N-ethyl adjacent to an activating group) is 1. The number of fused-ring (bicyclic) bond motifs is 1. The van der Waals surface area contributed by atoms with E-state index in [0.29, 0.717) is 5.75 Å². The normalized spacial score (nSPS) is 14.4. The molecule has 1 aromatic heterocycles. The van der Waals surface area contributed by atoms with Gasteiger partial charge in [-0.1, -0.05) is 6.07 Å². The lowest BCUT2D eigenvalue weighted by Gasteiger charge is -2.22. The maximum atomic E-state index is 12.0. The SMILES string of the molecule is CC(=O)n1cc(CCN(C)C)c2c(OCOP(=O)(O)OC(C)(C)C)cccc21. The average Bonchev–Trinajstić information content (AvgIpc) is 2.90. The first-order chi connectivity index (χ1) is 12.9. The Morgan fingerprint density at radius 1 is 1.29 bits per heavy atom. The van der Waals surface area contributed by atoms with E-state index in [1.165, 1.54) is 6.92 Å². The van der Waals surface area contributed by atoms with Gasteiger partial charge in [0.1, 0.15) is 5.75 Å². The summed E-state index contributed by atoms with van der Waals surface area (Å²) in [7, 11) is -0.299. The summed E-state index contributed by atoms with van der Waals surface area (Å²) in [6.07, 6.45) is 2.53. The molecule has 0 bridgehead atoms. The molecule has 9 heteroatoms. The number of phosphoric acid groups is 1. The second kappa shape index (κ2) is 8.76. The molecule has 28 heavy (non-hydrogen) atoms. The van der Waals surface area contributed by atoms with Crippen LogP contribution < -0.4 is 4.74 Å². The lowest BCUT2D eigenvalue weighted by Crippen LogP contribution is -2.18. The lowest BCUT2D eigenvalue weighted by molar-refractivity contribution is 0.0264. The summed E-state index contributed by atoms with van der Waals surface area (Å²) in [5, 5.41) is 0.785. The van der Waals surface area contributed by atoms with E-state index in [4.69, 9.17) is 13.8 Å². The summed E-state index contributed by atoms with van der Waals surface area (Å²) < 4.78 is 29.2. The van der Waals surface area contributed by atoms with Crippen LogP contribution in [0, 0.1) is 0 Å². The fourth-order valence-electron chi connectivity index (χ4n) is 2.78. The van der Waals surface area contributed by atoms with E-state index in [0.717, 1.165) is 29.4 Å². The Bertz CT molecular complexity index is 884. The third kappa shape index (κ3) is 6.15. The van der Waals surface area contributed by atoms with Gasteiger partial charge in [0.05, 0.1) is 11.1 Å². The van der Waals surface area contributed by atoms with Gasteiger partial charge in [0, 0.05) is 25.1 Å². The molecule has 2 aromatic rings. The van der Waals surface area contributed by atoms with Crippen molar-refractivity contribution in [2.75, 3.05) is 27.4 Å². The summed E-state index contributed by atoms with van der Waals surface area (Å²) in [4.78, 5) is 23.8. The van der Waals surface area contributed by atoms with E-state index < -0.39 is 20.2 Å². The first-order valence-electron chi connectivity index (χ1n) is 8.99. The Kier molecular flexibility index (Phi) is 7.07. The Hall–Kier alpha value is -1.70. The Morgan fingerprint density at radius 3 is 2.54 bits per heavy atom. The van der Waals surface area contributed by atoms with Gasteiger partial charge in [0.2, 0.25) is 5.91 Å². The number of aromatic nitrogens is 1. The van der Waals surface area contributed by atoms with Crippen LogP contribution in [0.2, 0.25) is 0 Å². The van der Waals surface area contributed by atoms with Gasteiger partial charge < -0.3 is 14.5 Å². The van der Waals surface area contributed by atoms with Crippen molar-refractivity contribution >= 4 is 24.6 Å². The van der Waals surface area contributed by atoms with Gasteiger partial charge in [-0.05, 0) is 59.0 Å². The molecule has 0 saturated heterocycles. The smallest absolute Gasteiger partial charge is 0.466 e. The van der Waals surface area contributed by atoms with Gasteiger partial charge in [0.15, 0.2) is 6.79 Å². The maximum Gasteiger partial charge on any atom is 0.475 e. The second-order valence-corrected chi connectivity index (χ2v) is 9.19. The van der Waals surface area contributed by atoms with Crippen LogP contribution in [-0.2, 0) is 20.0 Å². The summed E-state index contributed by atoms with van der Waals surface area (Å²) in [5.74, 6) is 0.370. The van der Waals surface area contributed by atoms with Crippen LogP contribution >= 0.6 is 7.82 Å². The molecule has 1 N–H and O–H groups in total. The second-order valence-electron chi connectivity index (χ2n) is 7.81. The zero-order chi connectivity index (χ0) is 21.1. The van der Waals surface area contributed by atoms with Crippen LogP contribution in [0.15, 0.2) is 24.4 Å². The van der Waals surface area contributed by atoms with Crippen molar-refractivity contribution in [2.45, 2.75) is 39.7 Å². The van der Waals surface area contributed by atoms with E-state index in [-0.39, 0.29) is 5.91 Å². The van der Waals surface area contributed by atoms with Crippen LogP contribution in [0.3, 0.4) is 0 Å².